The lowest BCUT2D eigenvalue weighted by atomic mass is 9.90. The van der Waals surface area contributed by atoms with Gasteiger partial charge in [0.1, 0.15) is 0 Å². The van der Waals surface area contributed by atoms with E-state index in [2.05, 4.69) is 140 Å². The molecule has 0 N–H and O–H groups in total. The molecule has 2 heterocycles. The molecule has 0 radical (unpaired) electrons. The summed E-state index contributed by atoms with van der Waals surface area (Å²) < 4.78 is 0. The van der Waals surface area contributed by atoms with Crippen molar-refractivity contribution in [1.29, 1.82) is 0 Å². The fraction of sp³-hybridized carbons (Fsp3) is 0. The Morgan fingerprint density at radius 3 is 1.28 bits per heavy atom. The summed E-state index contributed by atoms with van der Waals surface area (Å²) >= 11 is 0. The van der Waals surface area contributed by atoms with Crippen molar-refractivity contribution < 1.29 is 0 Å². The van der Waals surface area contributed by atoms with E-state index in [-0.39, 0.29) is 0 Å². The average Bonchev–Trinajstić information content (AvgIpc) is 3.31. The molecule has 270 valence electrons. The molecule has 0 amide bonds. The van der Waals surface area contributed by atoms with E-state index in [9.17, 15) is 0 Å². The number of aromatic nitrogens is 4. The van der Waals surface area contributed by atoms with Crippen molar-refractivity contribution in [2.24, 2.45) is 0 Å². The van der Waals surface area contributed by atoms with Crippen LogP contribution in [0.5, 0.6) is 0 Å². The third-order valence-electron chi connectivity index (χ3n) is 11.1. The zero-order valence-corrected chi connectivity index (χ0v) is 31.4. The van der Waals surface area contributed by atoms with Crippen molar-refractivity contribution in [3.63, 3.8) is 0 Å². The van der Waals surface area contributed by atoms with Crippen LogP contribution in [-0.4, -0.2) is 19.9 Å². The molecule has 0 fully saturated rings. The van der Waals surface area contributed by atoms with E-state index in [4.69, 9.17) is 19.9 Å². The lowest BCUT2D eigenvalue weighted by Crippen LogP contribution is -2.00. The van der Waals surface area contributed by atoms with Crippen molar-refractivity contribution in [2.75, 3.05) is 0 Å². The zero-order chi connectivity index (χ0) is 38.4. The Bertz CT molecular complexity index is 3220. The van der Waals surface area contributed by atoms with Crippen molar-refractivity contribution in [2.45, 2.75) is 0 Å². The Morgan fingerprint density at radius 2 is 0.672 bits per heavy atom. The number of fused-ring (bicyclic) bond motifs is 7. The molecule has 0 saturated heterocycles. The molecule has 0 aliphatic rings. The fourth-order valence-electron chi connectivity index (χ4n) is 8.29. The molecule has 0 unspecified atom stereocenters. The molecular formula is C54H34N4. The minimum absolute atomic E-state index is 0.615. The van der Waals surface area contributed by atoms with Gasteiger partial charge in [-0.2, -0.15) is 0 Å². The molecule has 9 aromatic carbocycles. The van der Waals surface area contributed by atoms with E-state index in [1.54, 1.807) is 0 Å². The highest BCUT2D eigenvalue weighted by atomic mass is 15.0. The minimum atomic E-state index is 0.615. The van der Waals surface area contributed by atoms with Gasteiger partial charge in [-0.1, -0.05) is 170 Å². The highest BCUT2D eigenvalue weighted by molar-refractivity contribution is 6.25. The standard InChI is InChI=1S/C54H34N4/c1-3-14-38(15-4-1)52-56-53(39-16-5-2-6-17-39)58-54(57-52)43-32-41(35-23-25-37(26-24-35)51-44-18-8-7-13-36(44)29-30-55-51)31-42(33-43)40-27-28-49-47-21-10-9-19-45(47)46-20-11-12-22-48(46)50(49)34-40/h1-34H. The van der Waals surface area contributed by atoms with Gasteiger partial charge < -0.3 is 0 Å². The number of rotatable bonds is 6. The fourth-order valence-corrected chi connectivity index (χ4v) is 8.29. The van der Waals surface area contributed by atoms with Crippen LogP contribution in [0.1, 0.15) is 0 Å². The summed E-state index contributed by atoms with van der Waals surface area (Å²) in [7, 11) is 0. The predicted octanol–water partition coefficient (Wildman–Crippen LogP) is 13.9. The molecule has 4 nitrogen and oxygen atoms in total. The maximum absolute atomic E-state index is 5.15. The van der Waals surface area contributed by atoms with Gasteiger partial charge in [-0.05, 0) is 90.3 Å². The summed E-state index contributed by atoms with van der Waals surface area (Å²) in [5, 5.41) is 9.79. The van der Waals surface area contributed by atoms with Gasteiger partial charge >= 0.3 is 0 Å². The first-order chi connectivity index (χ1) is 28.7. The highest BCUT2D eigenvalue weighted by Gasteiger charge is 2.16. The van der Waals surface area contributed by atoms with Crippen molar-refractivity contribution in [1.82, 2.24) is 19.9 Å². The van der Waals surface area contributed by atoms with Crippen LogP contribution in [0.15, 0.2) is 206 Å². The van der Waals surface area contributed by atoms with Gasteiger partial charge in [-0.25, -0.2) is 15.0 Å². The van der Waals surface area contributed by atoms with Crippen LogP contribution in [-0.2, 0) is 0 Å². The summed E-state index contributed by atoms with van der Waals surface area (Å²) in [6, 6.07) is 70.5. The zero-order valence-electron chi connectivity index (χ0n) is 31.4. The van der Waals surface area contributed by atoms with Gasteiger partial charge in [0.15, 0.2) is 17.5 Å². The summed E-state index contributed by atoms with van der Waals surface area (Å²) in [6.07, 6.45) is 1.89. The average molecular weight is 739 g/mol. The van der Waals surface area contributed by atoms with Crippen LogP contribution >= 0.6 is 0 Å². The third kappa shape index (κ3) is 5.96. The molecule has 0 aliphatic carbocycles. The Morgan fingerprint density at radius 1 is 0.241 bits per heavy atom. The SMILES string of the molecule is c1ccc(-c2nc(-c3ccccc3)nc(-c3cc(-c4ccc(-c5nccc6ccccc56)cc4)cc(-c4ccc5c6ccccc6c6ccccc6c5c4)c3)n2)cc1. The van der Waals surface area contributed by atoms with Gasteiger partial charge in [-0.15, -0.1) is 0 Å². The van der Waals surface area contributed by atoms with Crippen LogP contribution in [0.2, 0.25) is 0 Å². The number of hydrogen-bond acceptors (Lipinski definition) is 4. The second-order valence-corrected chi connectivity index (χ2v) is 14.6. The first-order valence-electron chi connectivity index (χ1n) is 19.5. The molecule has 11 rings (SSSR count). The molecule has 0 bridgehead atoms. The molecule has 0 atom stereocenters. The smallest absolute Gasteiger partial charge is 0.164 e. The molecule has 4 heteroatoms. The second-order valence-electron chi connectivity index (χ2n) is 14.6. The Balaban J connectivity index is 1.12. The van der Waals surface area contributed by atoms with Crippen LogP contribution in [0.25, 0.3) is 111 Å². The second kappa shape index (κ2) is 14.0. The van der Waals surface area contributed by atoms with E-state index < -0.39 is 0 Å². The topological polar surface area (TPSA) is 51.6 Å². The Hall–Kier alpha value is -7.82. The van der Waals surface area contributed by atoms with E-state index in [1.165, 1.54) is 37.7 Å². The Labute approximate surface area is 335 Å². The largest absolute Gasteiger partial charge is 0.256 e. The maximum atomic E-state index is 5.15. The van der Waals surface area contributed by atoms with E-state index in [0.717, 1.165) is 55.6 Å². The lowest BCUT2D eigenvalue weighted by Gasteiger charge is -2.15. The van der Waals surface area contributed by atoms with E-state index in [1.807, 2.05) is 66.9 Å². The first kappa shape index (κ1) is 33.5. The van der Waals surface area contributed by atoms with Crippen LogP contribution in [0.4, 0.5) is 0 Å². The minimum Gasteiger partial charge on any atom is -0.256 e. The Kier molecular flexibility index (Phi) is 8.11. The monoisotopic (exact) mass is 738 g/mol. The summed E-state index contributed by atoms with van der Waals surface area (Å²) in [5.74, 6) is 1.88. The first-order valence-corrected chi connectivity index (χ1v) is 19.5. The number of pyridine rings is 1. The maximum Gasteiger partial charge on any atom is 0.164 e. The van der Waals surface area contributed by atoms with Gasteiger partial charge in [0.05, 0.1) is 5.69 Å². The summed E-state index contributed by atoms with van der Waals surface area (Å²) in [5.41, 5.74) is 9.18. The quantitative estimate of drug-likeness (QED) is 0.159. The van der Waals surface area contributed by atoms with Crippen molar-refractivity contribution in [3.05, 3.63) is 206 Å². The highest BCUT2D eigenvalue weighted by Crippen LogP contribution is 2.39. The van der Waals surface area contributed by atoms with Gasteiger partial charge in [0, 0.05) is 33.8 Å². The molecular weight excluding hydrogens is 705 g/mol. The summed E-state index contributed by atoms with van der Waals surface area (Å²) in [4.78, 5) is 20.1. The van der Waals surface area contributed by atoms with Crippen molar-refractivity contribution in [3.8, 4) is 67.7 Å². The van der Waals surface area contributed by atoms with Crippen molar-refractivity contribution >= 4 is 43.1 Å². The number of nitrogens with zero attached hydrogens (tertiary/aromatic N) is 4. The third-order valence-corrected chi connectivity index (χ3v) is 11.1. The molecule has 58 heavy (non-hydrogen) atoms. The van der Waals surface area contributed by atoms with Gasteiger partial charge in [0.25, 0.3) is 0 Å². The normalized spacial score (nSPS) is 11.4. The van der Waals surface area contributed by atoms with Gasteiger partial charge in [-0.3, -0.25) is 4.98 Å². The van der Waals surface area contributed by atoms with Gasteiger partial charge in [0.2, 0.25) is 0 Å². The lowest BCUT2D eigenvalue weighted by molar-refractivity contribution is 1.07. The van der Waals surface area contributed by atoms with Crippen LogP contribution in [0, 0.1) is 0 Å². The van der Waals surface area contributed by atoms with E-state index >= 15 is 0 Å². The molecule has 0 spiro atoms. The number of benzene rings is 9. The summed E-state index contributed by atoms with van der Waals surface area (Å²) in [6.45, 7) is 0. The molecule has 2 aromatic heterocycles. The predicted molar refractivity (Wildman–Crippen MR) is 240 cm³/mol. The molecule has 11 aromatic rings. The molecule has 0 aliphatic heterocycles. The van der Waals surface area contributed by atoms with Crippen LogP contribution < -0.4 is 0 Å². The van der Waals surface area contributed by atoms with E-state index in [0.29, 0.717) is 17.5 Å². The number of hydrogen-bond donors (Lipinski definition) is 0. The van der Waals surface area contributed by atoms with Crippen LogP contribution in [0.3, 0.4) is 0 Å². The molecule has 0 saturated carbocycles.